The summed E-state index contributed by atoms with van der Waals surface area (Å²) in [5.41, 5.74) is 2.39. The molecule has 4 rings (SSSR count). The predicted molar refractivity (Wildman–Crippen MR) is 126 cm³/mol. The van der Waals surface area contributed by atoms with Crippen molar-refractivity contribution in [1.82, 2.24) is 4.31 Å². The number of cyclic esters (lactones) is 1. The number of hydrogen-bond acceptors (Lipinski definition) is 6. The molecule has 8 nitrogen and oxygen atoms in total. The number of amides is 1. The molecule has 0 bridgehead atoms. The van der Waals surface area contributed by atoms with E-state index >= 15 is 0 Å². The van der Waals surface area contributed by atoms with Crippen molar-refractivity contribution >= 4 is 33.3 Å². The smallest absolute Gasteiger partial charge is 0.339 e. The van der Waals surface area contributed by atoms with Gasteiger partial charge in [-0.25, -0.2) is 13.2 Å². The SMILES string of the molecule is CCN(CC)S(=O)(=O)c1ccc(N2CCCC2)c(NC(=O)[C@@H]2Cc3ccccc3C(=O)O2)c1. The molecule has 176 valence electrons. The highest BCUT2D eigenvalue weighted by atomic mass is 32.2. The molecule has 2 aromatic rings. The molecule has 1 N–H and O–H groups in total. The van der Waals surface area contributed by atoms with Gasteiger partial charge in [0.2, 0.25) is 10.0 Å². The molecular formula is C24H29N3O5S. The minimum Gasteiger partial charge on any atom is -0.448 e. The van der Waals surface area contributed by atoms with Gasteiger partial charge in [-0.1, -0.05) is 32.0 Å². The zero-order chi connectivity index (χ0) is 23.6. The molecule has 1 atom stereocenters. The highest BCUT2D eigenvalue weighted by Gasteiger charge is 2.32. The molecule has 2 aliphatic rings. The van der Waals surface area contributed by atoms with Crippen molar-refractivity contribution in [3.05, 3.63) is 53.6 Å². The summed E-state index contributed by atoms with van der Waals surface area (Å²) >= 11 is 0. The third kappa shape index (κ3) is 4.60. The number of anilines is 2. The lowest BCUT2D eigenvalue weighted by Gasteiger charge is -2.26. The molecule has 1 saturated heterocycles. The first kappa shape index (κ1) is 23.3. The number of esters is 1. The fourth-order valence-electron chi connectivity index (χ4n) is 4.41. The third-order valence-corrected chi connectivity index (χ3v) is 8.25. The van der Waals surface area contributed by atoms with E-state index in [1.54, 1.807) is 38.1 Å². The van der Waals surface area contributed by atoms with E-state index in [9.17, 15) is 18.0 Å². The number of carbonyl (C=O) groups is 2. The zero-order valence-corrected chi connectivity index (χ0v) is 19.7. The number of sulfonamides is 1. The van der Waals surface area contributed by atoms with Crippen LogP contribution in [0, 0.1) is 0 Å². The molecule has 0 radical (unpaired) electrons. The minimum absolute atomic E-state index is 0.121. The van der Waals surface area contributed by atoms with Gasteiger partial charge in [0.1, 0.15) is 0 Å². The van der Waals surface area contributed by atoms with Gasteiger partial charge in [-0.3, -0.25) is 4.79 Å². The van der Waals surface area contributed by atoms with E-state index in [0.717, 1.165) is 37.2 Å². The van der Waals surface area contributed by atoms with E-state index in [0.29, 0.717) is 24.3 Å². The van der Waals surface area contributed by atoms with Crippen LogP contribution in [0.25, 0.3) is 0 Å². The van der Waals surface area contributed by atoms with Crippen molar-refractivity contribution in [2.75, 3.05) is 36.4 Å². The lowest BCUT2D eigenvalue weighted by molar-refractivity contribution is -0.125. The quantitative estimate of drug-likeness (QED) is 0.624. The van der Waals surface area contributed by atoms with Crippen LogP contribution < -0.4 is 10.2 Å². The second-order valence-corrected chi connectivity index (χ2v) is 10.1. The Morgan fingerprint density at radius 1 is 1.12 bits per heavy atom. The summed E-state index contributed by atoms with van der Waals surface area (Å²) < 4.78 is 32.9. The van der Waals surface area contributed by atoms with Gasteiger partial charge in [-0.2, -0.15) is 4.31 Å². The normalized spacial score (nSPS) is 18.2. The van der Waals surface area contributed by atoms with Crippen LogP contribution in [0.15, 0.2) is 47.4 Å². The number of nitrogens with one attached hydrogen (secondary N) is 1. The van der Waals surface area contributed by atoms with Gasteiger partial charge in [-0.05, 0) is 42.7 Å². The number of ether oxygens (including phenoxy) is 1. The van der Waals surface area contributed by atoms with Gasteiger partial charge in [0.05, 0.1) is 21.8 Å². The van der Waals surface area contributed by atoms with Crippen molar-refractivity contribution < 1.29 is 22.7 Å². The molecular weight excluding hydrogens is 442 g/mol. The first-order valence-corrected chi connectivity index (χ1v) is 12.8. The fourth-order valence-corrected chi connectivity index (χ4v) is 5.90. The third-order valence-electron chi connectivity index (χ3n) is 6.20. The summed E-state index contributed by atoms with van der Waals surface area (Å²) in [4.78, 5) is 27.7. The zero-order valence-electron chi connectivity index (χ0n) is 18.9. The van der Waals surface area contributed by atoms with Gasteiger partial charge in [-0.15, -0.1) is 0 Å². The van der Waals surface area contributed by atoms with Gasteiger partial charge in [0.15, 0.2) is 6.10 Å². The maximum Gasteiger partial charge on any atom is 0.339 e. The first-order chi connectivity index (χ1) is 15.8. The van der Waals surface area contributed by atoms with E-state index in [1.165, 1.54) is 10.4 Å². The van der Waals surface area contributed by atoms with E-state index in [4.69, 9.17) is 4.74 Å². The molecule has 33 heavy (non-hydrogen) atoms. The maximum atomic E-state index is 13.1. The van der Waals surface area contributed by atoms with E-state index in [-0.39, 0.29) is 11.3 Å². The number of carbonyl (C=O) groups excluding carboxylic acids is 2. The molecule has 0 spiro atoms. The van der Waals surface area contributed by atoms with E-state index in [1.807, 2.05) is 12.1 Å². The second kappa shape index (κ2) is 9.52. The highest BCUT2D eigenvalue weighted by molar-refractivity contribution is 7.89. The topological polar surface area (TPSA) is 96.0 Å². The lowest BCUT2D eigenvalue weighted by Crippen LogP contribution is -2.38. The number of fused-ring (bicyclic) bond motifs is 1. The molecule has 0 aromatic heterocycles. The Hall–Kier alpha value is -2.91. The Morgan fingerprint density at radius 2 is 1.82 bits per heavy atom. The summed E-state index contributed by atoms with van der Waals surface area (Å²) in [6.07, 6.45) is 1.35. The van der Waals surface area contributed by atoms with Crippen molar-refractivity contribution in [1.29, 1.82) is 0 Å². The maximum absolute atomic E-state index is 13.1. The standard InChI is InChI=1S/C24H29N3O5S/c1-3-27(4-2)33(30,31)18-11-12-21(26-13-7-8-14-26)20(16-18)25-23(28)22-15-17-9-5-6-10-19(17)24(29)32-22/h5-6,9-12,16,22H,3-4,7-8,13-15H2,1-2H3,(H,25,28)/t22-/m0/s1. The monoisotopic (exact) mass is 471 g/mol. The van der Waals surface area contributed by atoms with E-state index < -0.39 is 28.0 Å². The summed E-state index contributed by atoms with van der Waals surface area (Å²) in [7, 11) is -3.70. The molecule has 1 amide bonds. The van der Waals surface area contributed by atoms with E-state index in [2.05, 4.69) is 10.2 Å². The summed E-state index contributed by atoms with van der Waals surface area (Å²) in [6.45, 7) is 5.94. The Morgan fingerprint density at radius 3 is 2.52 bits per heavy atom. The summed E-state index contributed by atoms with van der Waals surface area (Å²) in [6, 6.07) is 11.9. The van der Waals surface area contributed by atoms with Crippen LogP contribution in [0.5, 0.6) is 0 Å². The van der Waals surface area contributed by atoms with Crippen LogP contribution >= 0.6 is 0 Å². The van der Waals surface area contributed by atoms with Gasteiger partial charge >= 0.3 is 5.97 Å². The fraction of sp³-hybridized carbons (Fsp3) is 0.417. The average molecular weight is 472 g/mol. The molecule has 2 aliphatic heterocycles. The number of nitrogens with zero attached hydrogens (tertiary/aromatic N) is 2. The van der Waals surface area contributed by atoms with Crippen LogP contribution in [0.1, 0.15) is 42.6 Å². The second-order valence-electron chi connectivity index (χ2n) is 8.21. The van der Waals surface area contributed by atoms with Crippen LogP contribution in [0.4, 0.5) is 11.4 Å². The molecule has 0 unspecified atom stereocenters. The molecule has 9 heteroatoms. The first-order valence-electron chi connectivity index (χ1n) is 11.3. The Labute approximate surface area is 194 Å². The molecule has 2 aromatic carbocycles. The van der Waals surface area contributed by atoms with Crippen molar-refractivity contribution in [3.8, 4) is 0 Å². The number of rotatable bonds is 7. The van der Waals surface area contributed by atoms with Gasteiger partial charge in [0, 0.05) is 32.6 Å². The average Bonchev–Trinajstić information content (AvgIpc) is 3.34. The Bertz CT molecular complexity index is 1150. The lowest BCUT2D eigenvalue weighted by atomic mass is 9.98. The predicted octanol–water partition coefficient (Wildman–Crippen LogP) is 3.04. The van der Waals surface area contributed by atoms with Crippen LogP contribution in [-0.2, 0) is 26.0 Å². The summed E-state index contributed by atoms with van der Waals surface area (Å²) in [5, 5.41) is 2.86. The minimum atomic E-state index is -3.70. The number of hydrogen-bond donors (Lipinski definition) is 1. The summed E-state index contributed by atoms with van der Waals surface area (Å²) in [5.74, 6) is -1.01. The van der Waals surface area contributed by atoms with Crippen LogP contribution in [-0.4, -0.2) is 56.9 Å². The molecule has 2 heterocycles. The van der Waals surface area contributed by atoms with Crippen molar-refractivity contribution in [2.45, 2.75) is 44.1 Å². The van der Waals surface area contributed by atoms with Crippen molar-refractivity contribution in [3.63, 3.8) is 0 Å². The van der Waals surface area contributed by atoms with Crippen LogP contribution in [0.2, 0.25) is 0 Å². The Balaban J connectivity index is 1.65. The molecule has 1 fully saturated rings. The molecule has 0 saturated carbocycles. The van der Waals surface area contributed by atoms with Crippen LogP contribution in [0.3, 0.4) is 0 Å². The Kier molecular flexibility index (Phi) is 6.71. The van der Waals surface area contributed by atoms with Crippen molar-refractivity contribution in [2.24, 2.45) is 0 Å². The number of benzene rings is 2. The van der Waals surface area contributed by atoms with Gasteiger partial charge < -0.3 is 15.0 Å². The highest BCUT2D eigenvalue weighted by Crippen LogP contribution is 2.33. The largest absolute Gasteiger partial charge is 0.448 e. The molecule has 0 aliphatic carbocycles. The van der Waals surface area contributed by atoms with Gasteiger partial charge in [0.25, 0.3) is 5.91 Å².